The summed E-state index contributed by atoms with van der Waals surface area (Å²) in [5.41, 5.74) is 8.19. The Morgan fingerprint density at radius 1 is 0.947 bits per heavy atom. The Labute approximate surface area is 117 Å². The van der Waals surface area contributed by atoms with E-state index in [0.29, 0.717) is 10.7 Å². The second-order valence-electron chi connectivity index (χ2n) is 3.76. The van der Waals surface area contributed by atoms with Crippen LogP contribution >= 0.6 is 12.2 Å². The third-order valence-electron chi connectivity index (χ3n) is 2.37. The van der Waals surface area contributed by atoms with E-state index in [1.54, 1.807) is 24.3 Å². The van der Waals surface area contributed by atoms with Crippen LogP contribution in [0, 0.1) is 11.3 Å². The molecule has 0 aromatic heterocycles. The minimum atomic E-state index is 0.468. The summed E-state index contributed by atoms with van der Waals surface area (Å²) >= 11 is 5.15. The fraction of sp³-hybridized carbons (Fsp3) is 0. The molecule has 0 bridgehead atoms. The first-order chi connectivity index (χ1) is 9.28. The summed E-state index contributed by atoms with van der Waals surface area (Å²) in [6.07, 6.45) is 0. The zero-order valence-corrected chi connectivity index (χ0v) is 10.9. The van der Waals surface area contributed by atoms with E-state index in [2.05, 4.69) is 22.2 Å². The quantitative estimate of drug-likeness (QED) is 0.590. The van der Waals surface area contributed by atoms with E-state index in [-0.39, 0.29) is 0 Å². The van der Waals surface area contributed by atoms with Crippen LogP contribution in [0.25, 0.3) is 0 Å². The summed E-state index contributed by atoms with van der Waals surface area (Å²) in [6, 6.07) is 18.8. The highest BCUT2D eigenvalue weighted by Crippen LogP contribution is 2.08. The van der Waals surface area contributed by atoms with Gasteiger partial charge in [-0.05, 0) is 48.6 Å². The average Bonchev–Trinajstić information content (AvgIpc) is 2.47. The van der Waals surface area contributed by atoms with Crippen LogP contribution in [-0.2, 0) is 0 Å². The van der Waals surface area contributed by atoms with Crippen LogP contribution in [0.15, 0.2) is 54.6 Å². The Bertz CT molecular complexity index is 587. The molecule has 19 heavy (non-hydrogen) atoms. The Morgan fingerprint density at radius 2 is 1.63 bits per heavy atom. The van der Waals surface area contributed by atoms with Crippen molar-refractivity contribution in [3.8, 4) is 6.07 Å². The van der Waals surface area contributed by atoms with Crippen molar-refractivity contribution in [1.82, 2.24) is 5.43 Å². The number of hydrogen-bond donors (Lipinski definition) is 3. The molecule has 2 rings (SSSR count). The van der Waals surface area contributed by atoms with Crippen molar-refractivity contribution >= 4 is 28.7 Å². The zero-order valence-electron chi connectivity index (χ0n) is 10.1. The van der Waals surface area contributed by atoms with E-state index in [1.165, 1.54) is 0 Å². The molecule has 4 nitrogen and oxygen atoms in total. The number of benzene rings is 2. The summed E-state index contributed by atoms with van der Waals surface area (Å²) in [6.45, 7) is 0. The number of anilines is 2. The highest BCUT2D eigenvalue weighted by molar-refractivity contribution is 7.80. The molecule has 0 aliphatic heterocycles. The number of nitrogens with one attached hydrogen (secondary N) is 3. The summed E-state index contributed by atoms with van der Waals surface area (Å²) < 4.78 is 0. The van der Waals surface area contributed by atoms with E-state index < -0.39 is 0 Å². The number of thiocarbonyl (C=S) groups is 1. The molecule has 2 aromatic carbocycles. The lowest BCUT2D eigenvalue weighted by atomic mass is 10.2. The Kier molecular flexibility index (Phi) is 4.32. The van der Waals surface area contributed by atoms with Gasteiger partial charge in [0.1, 0.15) is 0 Å². The van der Waals surface area contributed by atoms with Gasteiger partial charge in [-0.3, -0.25) is 10.9 Å². The normalized spacial score (nSPS) is 9.21. The number of nitriles is 1. The fourth-order valence-electron chi connectivity index (χ4n) is 1.44. The molecule has 5 heteroatoms. The van der Waals surface area contributed by atoms with E-state index >= 15 is 0 Å². The predicted octanol–water partition coefficient (Wildman–Crippen LogP) is 2.87. The van der Waals surface area contributed by atoms with Gasteiger partial charge in [0.05, 0.1) is 17.3 Å². The van der Waals surface area contributed by atoms with Crippen LogP contribution in [0.4, 0.5) is 11.4 Å². The maximum absolute atomic E-state index is 8.69. The zero-order chi connectivity index (χ0) is 13.5. The molecular weight excluding hydrogens is 256 g/mol. The lowest BCUT2D eigenvalue weighted by Crippen LogP contribution is -2.33. The van der Waals surface area contributed by atoms with Gasteiger partial charge >= 0.3 is 0 Å². The Balaban J connectivity index is 1.85. The summed E-state index contributed by atoms with van der Waals surface area (Å²) in [7, 11) is 0. The van der Waals surface area contributed by atoms with Crippen LogP contribution in [0.1, 0.15) is 5.56 Å². The summed E-state index contributed by atoms with van der Waals surface area (Å²) in [5.74, 6) is 0. The standard InChI is InChI=1S/C14H12N4S/c15-10-11-6-8-13(9-7-11)17-18-14(19)16-12-4-2-1-3-5-12/h1-9,17H,(H2,16,18,19). The topological polar surface area (TPSA) is 59.9 Å². The molecule has 0 fully saturated rings. The molecule has 0 atom stereocenters. The maximum Gasteiger partial charge on any atom is 0.189 e. The highest BCUT2D eigenvalue weighted by Gasteiger charge is 1.97. The molecular formula is C14H12N4S. The molecule has 0 spiro atoms. The molecule has 0 radical (unpaired) electrons. The van der Waals surface area contributed by atoms with Crippen LogP contribution in [0.2, 0.25) is 0 Å². The van der Waals surface area contributed by atoms with E-state index in [0.717, 1.165) is 11.4 Å². The third kappa shape index (κ3) is 3.98. The molecule has 0 heterocycles. The van der Waals surface area contributed by atoms with Gasteiger partial charge in [0.2, 0.25) is 0 Å². The van der Waals surface area contributed by atoms with Gasteiger partial charge in [-0.25, -0.2) is 0 Å². The van der Waals surface area contributed by atoms with Gasteiger partial charge in [0.15, 0.2) is 5.11 Å². The van der Waals surface area contributed by atoms with Gasteiger partial charge in [0.25, 0.3) is 0 Å². The van der Waals surface area contributed by atoms with Crippen molar-refractivity contribution in [2.24, 2.45) is 0 Å². The Hall–Kier alpha value is -2.58. The van der Waals surface area contributed by atoms with Crippen LogP contribution in [0.5, 0.6) is 0 Å². The van der Waals surface area contributed by atoms with Crippen molar-refractivity contribution in [2.75, 3.05) is 10.7 Å². The smallest absolute Gasteiger partial charge is 0.189 e. The SMILES string of the molecule is N#Cc1ccc(NNC(=S)Nc2ccccc2)cc1. The first-order valence-corrected chi connectivity index (χ1v) is 6.07. The summed E-state index contributed by atoms with van der Waals surface area (Å²) in [5, 5.41) is 12.2. The van der Waals surface area contributed by atoms with E-state index in [1.807, 2.05) is 30.3 Å². The van der Waals surface area contributed by atoms with Crippen molar-refractivity contribution in [2.45, 2.75) is 0 Å². The molecule has 94 valence electrons. The summed E-state index contributed by atoms with van der Waals surface area (Å²) in [4.78, 5) is 0. The molecule has 0 saturated carbocycles. The Morgan fingerprint density at radius 3 is 2.26 bits per heavy atom. The lowest BCUT2D eigenvalue weighted by molar-refractivity contribution is 1.14. The molecule has 0 saturated heterocycles. The molecule has 0 amide bonds. The van der Waals surface area contributed by atoms with E-state index in [9.17, 15) is 0 Å². The second-order valence-corrected chi connectivity index (χ2v) is 4.17. The molecule has 0 unspecified atom stereocenters. The predicted molar refractivity (Wildman–Crippen MR) is 80.6 cm³/mol. The van der Waals surface area contributed by atoms with Crippen LogP contribution in [0.3, 0.4) is 0 Å². The largest absolute Gasteiger partial charge is 0.331 e. The first kappa shape index (κ1) is 12.9. The number of nitrogens with zero attached hydrogens (tertiary/aromatic N) is 1. The van der Waals surface area contributed by atoms with Crippen molar-refractivity contribution in [3.63, 3.8) is 0 Å². The highest BCUT2D eigenvalue weighted by atomic mass is 32.1. The van der Waals surface area contributed by atoms with Gasteiger partial charge in [0, 0.05) is 5.69 Å². The monoisotopic (exact) mass is 268 g/mol. The van der Waals surface area contributed by atoms with E-state index in [4.69, 9.17) is 17.5 Å². The van der Waals surface area contributed by atoms with Crippen LogP contribution in [-0.4, -0.2) is 5.11 Å². The third-order valence-corrected chi connectivity index (χ3v) is 2.57. The van der Waals surface area contributed by atoms with Gasteiger partial charge in [-0.1, -0.05) is 18.2 Å². The van der Waals surface area contributed by atoms with Gasteiger partial charge in [-0.2, -0.15) is 5.26 Å². The molecule has 0 aliphatic carbocycles. The average molecular weight is 268 g/mol. The number of hydrogen-bond acceptors (Lipinski definition) is 3. The van der Waals surface area contributed by atoms with Gasteiger partial charge < -0.3 is 5.32 Å². The molecule has 0 aliphatic rings. The first-order valence-electron chi connectivity index (χ1n) is 5.66. The number of rotatable bonds is 3. The minimum absolute atomic E-state index is 0.468. The van der Waals surface area contributed by atoms with Crippen molar-refractivity contribution in [1.29, 1.82) is 5.26 Å². The maximum atomic E-state index is 8.69. The van der Waals surface area contributed by atoms with Gasteiger partial charge in [-0.15, -0.1) is 0 Å². The van der Waals surface area contributed by atoms with Crippen molar-refractivity contribution in [3.05, 3.63) is 60.2 Å². The lowest BCUT2D eigenvalue weighted by Gasteiger charge is -2.12. The second kappa shape index (κ2) is 6.38. The fourth-order valence-corrected chi connectivity index (χ4v) is 1.61. The number of hydrazine groups is 1. The van der Waals surface area contributed by atoms with Crippen molar-refractivity contribution < 1.29 is 0 Å². The minimum Gasteiger partial charge on any atom is -0.331 e. The number of para-hydroxylation sites is 1. The molecule has 3 N–H and O–H groups in total. The molecule has 2 aromatic rings. The van der Waals surface area contributed by atoms with Crippen LogP contribution < -0.4 is 16.2 Å².